The van der Waals surface area contributed by atoms with E-state index in [0.29, 0.717) is 0 Å². The number of aliphatic carboxylic acids is 1. The largest absolute Gasteiger partial charge is 0.481 e. The van der Waals surface area contributed by atoms with Gasteiger partial charge in [0.25, 0.3) is 11.5 Å². The number of carboxylic acid groups (broad SMARTS) is 1. The highest BCUT2D eigenvalue weighted by molar-refractivity contribution is 5.67. The SMILES string of the molecule is CC(=O)O.O=c1[nH]c(=O)n(O)c2nc[nH]c12. The Balaban J connectivity index is 0.000000280. The van der Waals surface area contributed by atoms with E-state index in [1.807, 2.05) is 4.98 Å². The Morgan fingerprint density at radius 3 is 2.62 bits per heavy atom. The number of carboxylic acids is 1. The molecule has 0 amide bonds. The van der Waals surface area contributed by atoms with E-state index >= 15 is 0 Å². The van der Waals surface area contributed by atoms with Gasteiger partial charge in [-0.1, -0.05) is 0 Å². The molecule has 0 aliphatic carbocycles. The molecule has 0 aromatic carbocycles. The van der Waals surface area contributed by atoms with Gasteiger partial charge in [-0.05, 0) is 0 Å². The van der Waals surface area contributed by atoms with Crippen molar-refractivity contribution in [2.75, 3.05) is 0 Å². The monoisotopic (exact) mass is 228 g/mol. The fourth-order valence-corrected chi connectivity index (χ4v) is 0.924. The minimum atomic E-state index is -0.903. The van der Waals surface area contributed by atoms with E-state index in [2.05, 4.69) is 9.97 Å². The molecule has 0 radical (unpaired) electrons. The van der Waals surface area contributed by atoms with Crippen LogP contribution < -0.4 is 11.2 Å². The van der Waals surface area contributed by atoms with E-state index in [0.717, 1.165) is 6.92 Å². The highest BCUT2D eigenvalue weighted by atomic mass is 16.5. The zero-order valence-corrected chi connectivity index (χ0v) is 8.09. The molecule has 0 spiro atoms. The molecule has 0 aliphatic rings. The first-order valence-corrected chi connectivity index (χ1v) is 4.00. The number of carbonyl (C=O) groups is 1. The highest BCUT2D eigenvalue weighted by Gasteiger charge is 2.06. The summed E-state index contributed by atoms with van der Waals surface area (Å²) < 4.78 is 0.271. The van der Waals surface area contributed by atoms with Gasteiger partial charge in [-0.15, -0.1) is 4.73 Å². The molecule has 0 fully saturated rings. The standard InChI is InChI=1S/C5H4N4O3.C2H4O2/c10-4-2-3(7-1-6-2)9(12)5(11)8-4;1-2(3)4/h1,12H,(H,6,7)(H,8,10,11);1H3,(H,3,4). The molecule has 86 valence electrons. The second kappa shape index (κ2) is 4.29. The Hall–Kier alpha value is -2.58. The van der Waals surface area contributed by atoms with Crippen molar-refractivity contribution in [3.63, 3.8) is 0 Å². The third kappa shape index (κ3) is 2.26. The predicted molar refractivity (Wildman–Crippen MR) is 51.5 cm³/mol. The van der Waals surface area contributed by atoms with E-state index < -0.39 is 17.2 Å². The van der Waals surface area contributed by atoms with Gasteiger partial charge in [0.2, 0.25) is 5.65 Å². The summed E-state index contributed by atoms with van der Waals surface area (Å²) in [6.07, 6.45) is 1.21. The Bertz CT molecular complexity index is 617. The van der Waals surface area contributed by atoms with Crippen LogP contribution in [0.2, 0.25) is 0 Å². The number of nitrogens with one attached hydrogen (secondary N) is 2. The molecule has 16 heavy (non-hydrogen) atoms. The van der Waals surface area contributed by atoms with Crippen molar-refractivity contribution in [2.45, 2.75) is 6.92 Å². The normalized spacial score (nSPS) is 9.56. The Kier molecular flexibility index (Phi) is 3.09. The van der Waals surface area contributed by atoms with Crippen LogP contribution in [-0.2, 0) is 4.79 Å². The van der Waals surface area contributed by atoms with Gasteiger partial charge in [0, 0.05) is 6.92 Å². The Morgan fingerprint density at radius 2 is 2.06 bits per heavy atom. The second-order valence-corrected chi connectivity index (χ2v) is 2.69. The summed E-state index contributed by atoms with van der Waals surface area (Å²) >= 11 is 0. The van der Waals surface area contributed by atoms with Gasteiger partial charge in [-0.2, -0.15) is 0 Å². The maximum Gasteiger partial charge on any atom is 0.363 e. The van der Waals surface area contributed by atoms with Gasteiger partial charge in [0.15, 0.2) is 5.52 Å². The maximum atomic E-state index is 11.0. The third-order valence-electron chi connectivity index (χ3n) is 1.46. The van der Waals surface area contributed by atoms with Gasteiger partial charge in [0.05, 0.1) is 6.33 Å². The molecule has 0 bridgehead atoms. The molecule has 9 nitrogen and oxygen atoms in total. The van der Waals surface area contributed by atoms with E-state index in [-0.39, 0.29) is 15.9 Å². The average Bonchev–Trinajstić information content (AvgIpc) is 2.62. The topological polar surface area (TPSA) is 141 Å². The van der Waals surface area contributed by atoms with E-state index in [1.165, 1.54) is 6.33 Å². The van der Waals surface area contributed by atoms with Crippen LogP contribution in [0.1, 0.15) is 6.92 Å². The van der Waals surface area contributed by atoms with Crippen molar-refractivity contribution in [1.29, 1.82) is 0 Å². The molecule has 0 atom stereocenters. The maximum absolute atomic E-state index is 11.0. The van der Waals surface area contributed by atoms with Crippen LogP contribution in [0, 0.1) is 0 Å². The van der Waals surface area contributed by atoms with E-state index in [9.17, 15) is 9.59 Å². The summed E-state index contributed by atoms with van der Waals surface area (Å²) in [5.74, 6) is -0.833. The number of aromatic amines is 2. The first kappa shape index (κ1) is 11.5. The lowest BCUT2D eigenvalue weighted by Crippen LogP contribution is -2.28. The van der Waals surface area contributed by atoms with Crippen LogP contribution in [-0.4, -0.2) is 36.0 Å². The molecular formula is C7H8N4O5. The van der Waals surface area contributed by atoms with E-state index in [1.54, 1.807) is 0 Å². The number of rotatable bonds is 0. The van der Waals surface area contributed by atoms with Crippen molar-refractivity contribution in [2.24, 2.45) is 0 Å². The van der Waals surface area contributed by atoms with Crippen LogP contribution >= 0.6 is 0 Å². The number of H-pyrrole nitrogens is 2. The molecule has 2 rings (SSSR count). The number of aromatic nitrogens is 4. The number of hydrogen-bond donors (Lipinski definition) is 4. The Labute approximate surface area is 87.0 Å². The summed E-state index contributed by atoms with van der Waals surface area (Å²) in [5.41, 5.74) is -1.52. The molecule has 0 saturated carbocycles. The first-order valence-electron chi connectivity index (χ1n) is 4.00. The minimum absolute atomic E-state index is 0.0668. The average molecular weight is 228 g/mol. The zero-order chi connectivity index (χ0) is 12.3. The number of hydrogen-bond acceptors (Lipinski definition) is 5. The summed E-state index contributed by atoms with van der Waals surface area (Å²) in [6.45, 7) is 1.08. The van der Waals surface area contributed by atoms with Gasteiger partial charge >= 0.3 is 5.69 Å². The minimum Gasteiger partial charge on any atom is -0.481 e. The molecule has 9 heteroatoms. The van der Waals surface area contributed by atoms with Gasteiger partial charge < -0.3 is 15.3 Å². The molecular weight excluding hydrogens is 220 g/mol. The lowest BCUT2D eigenvalue weighted by atomic mass is 10.5. The number of fused-ring (bicyclic) bond motifs is 1. The van der Waals surface area contributed by atoms with Crippen molar-refractivity contribution >= 4 is 17.1 Å². The van der Waals surface area contributed by atoms with Crippen LogP contribution in [0.5, 0.6) is 0 Å². The fourth-order valence-electron chi connectivity index (χ4n) is 0.924. The molecule has 2 heterocycles. The predicted octanol–water partition coefficient (Wildman–Crippen LogP) is -1.26. The zero-order valence-electron chi connectivity index (χ0n) is 8.09. The quantitative estimate of drug-likeness (QED) is 0.415. The van der Waals surface area contributed by atoms with E-state index in [4.69, 9.17) is 15.1 Å². The molecule has 0 aliphatic heterocycles. The lowest BCUT2D eigenvalue weighted by Gasteiger charge is -1.93. The van der Waals surface area contributed by atoms with Crippen LogP contribution in [0.4, 0.5) is 0 Å². The first-order chi connectivity index (χ1) is 7.43. The van der Waals surface area contributed by atoms with Gasteiger partial charge in [-0.25, -0.2) is 9.78 Å². The third-order valence-corrected chi connectivity index (χ3v) is 1.46. The summed E-state index contributed by atoms with van der Waals surface area (Å²) in [7, 11) is 0. The van der Waals surface area contributed by atoms with Crippen molar-refractivity contribution in [3.8, 4) is 0 Å². The number of nitrogens with zero attached hydrogens (tertiary/aromatic N) is 2. The lowest BCUT2D eigenvalue weighted by molar-refractivity contribution is -0.134. The Morgan fingerprint density at radius 1 is 1.50 bits per heavy atom. The smallest absolute Gasteiger partial charge is 0.363 e. The van der Waals surface area contributed by atoms with Crippen LogP contribution in [0.25, 0.3) is 11.2 Å². The van der Waals surface area contributed by atoms with Crippen molar-refractivity contribution in [3.05, 3.63) is 27.2 Å². The highest BCUT2D eigenvalue weighted by Crippen LogP contribution is 1.95. The fraction of sp³-hybridized carbons (Fsp3) is 0.143. The molecule has 2 aromatic heterocycles. The van der Waals surface area contributed by atoms with Crippen molar-refractivity contribution in [1.82, 2.24) is 19.7 Å². The molecule has 0 saturated heterocycles. The van der Waals surface area contributed by atoms with Crippen molar-refractivity contribution < 1.29 is 15.1 Å². The molecule has 4 N–H and O–H groups in total. The molecule has 0 unspecified atom stereocenters. The van der Waals surface area contributed by atoms with Gasteiger partial charge in [-0.3, -0.25) is 14.6 Å². The van der Waals surface area contributed by atoms with Crippen LogP contribution in [0.15, 0.2) is 15.9 Å². The summed E-state index contributed by atoms with van der Waals surface area (Å²) in [6, 6.07) is 0. The number of imidazole rings is 1. The van der Waals surface area contributed by atoms with Gasteiger partial charge in [0.1, 0.15) is 0 Å². The second-order valence-electron chi connectivity index (χ2n) is 2.69. The summed E-state index contributed by atoms with van der Waals surface area (Å²) in [5, 5.41) is 16.4. The van der Waals surface area contributed by atoms with Crippen LogP contribution in [0.3, 0.4) is 0 Å². The summed E-state index contributed by atoms with van der Waals surface area (Å²) in [4.78, 5) is 38.7. The molecule has 2 aromatic rings.